The molecule has 1 aromatic rings. The molecule has 0 saturated heterocycles. The molecule has 1 aromatic carbocycles. The highest BCUT2D eigenvalue weighted by Gasteiger charge is 2.08. The predicted octanol–water partition coefficient (Wildman–Crippen LogP) is 1.15. The molecule has 1 atom stereocenters. The quantitative estimate of drug-likeness (QED) is 0.735. The SMILES string of the molecule is COc1cc(SC)ccc1OC[C@H](O)CO. The number of rotatable bonds is 6. The van der Waals surface area contributed by atoms with Crippen LogP contribution in [0.5, 0.6) is 11.5 Å². The zero-order valence-corrected chi connectivity index (χ0v) is 10.2. The average molecular weight is 244 g/mol. The number of ether oxygens (including phenoxy) is 2. The van der Waals surface area contributed by atoms with E-state index in [2.05, 4.69) is 0 Å². The lowest BCUT2D eigenvalue weighted by Gasteiger charge is -2.13. The molecule has 0 saturated carbocycles. The Labute approximate surface area is 99.2 Å². The lowest BCUT2D eigenvalue weighted by atomic mass is 10.3. The van der Waals surface area contributed by atoms with Crippen LogP contribution in [0.15, 0.2) is 23.1 Å². The second kappa shape index (κ2) is 6.62. The van der Waals surface area contributed by atoms with E-state index in [9.17, 15) is 0 Å². The van der Waals surface area contributed by atoms with Gasteiger partial charge in [0.25, 0.3) is 0 Å². The first-order valence-corrected chi connectivity index (χ1v) is 6.07. The Morgan fingerprint density at radius 3 is 2.69 bits per heavy atom. The number of methoxy groups -OCH3 is 1. The molecule has 0 amide bonds. The molecule has 0 heterocycles. The maximum absolute atomic E-state index is 9.16. The Bertz CT molecular complexity index is 330. The van der Waals surface area contributed by atoms with E-state index >= 15 is 0 Å². The summed E-state index contributed by atoms with van der Waals surface area (Å²) in [5, 5.41) is 17.8. The van der Waals surface area contributed by atoms with E-state index < -0.39 is 6.10 Å². The van der Waals surface area contributed by atoms with Gasteiger partial charge in [0.1, 0.15) is 12.7 Å². The summed E-state index contributed by atoms with van der Waals surface area (Å²) in [7, 11) is 1.56. The van der Waals surface area contributed by atoms with Crippen molar-refractivity contribution in [2.75, 3.05) is 26.6 Å². The summed E-state index contributed by atoms with van der Waals surface area (Å²) in [6.45, 7) is -0.267. The molecule has 0 aromatic heterocycles. The fourth-order valence-electron chi connectivity index (χ4n) is 1.13. The Morgan fingerprint density at radius 1 is 1.38 bits per heavy atom. The Hall–Kier alpha value is -0.910. The van der Waals surface area contributed by atoms with Crippen molar-refractivity contribution in [1.82, 2.24) is 0 Å². The van der Waals surface area contributed by atoms with E-state index in [4.69, 9.17) is 19.7 Å². The van der Waals surface area contributed by atoms with Gasteiger partial charge in [-0.1, -0.05) is 0 Å². The number of aliphatic hydroxyl groups excluding tert-OH is 2. The van der Waals surface area contributed by atoms with Crippen LogP contribution in [0, 0.1) is 0 Å². The molecule has 16 heavy (non-hydrogen) atoms. The van der Waals surface area contributed by atoms with E-state index in [-0.39, 0.29) is 13.2 Å². The van der Waals surface area contributed by atoms with E-state index in [0.29, 0.717) is 11.5 Å². The standard InChI is InChI=1S/C11H16O4S/c1-14-11-5-9(16-2)3-4-10(11)15-7-8(13)6-12/h3-5,8,12-13H,6-7H2,1-2H3/t8-/m1/s1. The van der Waals surface area contributed by atoms with Crippen molar-refractivity contribution in [3.63, 3.8) is 0 Å². The lowest BCUT2D eigenvalue weighted by Crippen LogP contribution is -2.21. The van der Waals surface area contributed by atoms with Gasteiger partial charge >= 0.3 is 0 Å². The molecule has 0 bridgehead atoms. The number of hydrogen-bond donors (Lipinski definition) is 2. The van der Waals surface area contributed by atoms with Crippen molar-refractivity contribution in [3.8, 4) is 11.5 Å². The van der Waals surface area contributed by atoms with Crippen LogP contribution in [0.25, 0.3) is 0 Å². The highest BCUT2D eigenvalue weighted by Crippen LogP contribution is 2.31. The van der Waals surface area contributed by atoms with Crippen LogP contribution in [0.2, 0.25) is 0 Å². The third kappa shape index (κ3) is 3.59. The average Bonchev–Trinajstić information content (AvgIpc) is 2.35. The third-order valence-electron chi connectivity index (χ3n) is 2.01. The molecule has 0 aliphatic heterocycles. The van der Waals surface area contributed by atoms with Gasteiger partial charge in [0.05, 0.1) is 13.7 Å². The van der Waals surface area contributed by atoms with Crippen LogP contribution in [0.3, 0.4) is 0 Å². The van der Waals surface area contributed by atoms with Crippen LogP contribution in [-0.2, 0) is 0 Å². The van der Waals surface area contributed by atoms with E-state index in [1.165, 1.54) is 0 Å². The summed E-state index contributed by atoms with van der Waals surface area (Å²) < 4.78 is 10.5. The molecule has 0 radical (unpaired) electrons. The number of benzene rings is 1. The fraction of sp³-hybridized carbons (Fsp3) is 0.455. The Kier molecular flexibility index (Phi) is 5.45. The molecule has 1 rings (SSSR count). The van der Waals surface area contributed by atoms with E-state index in [0.717, 1.165) is 4.90 Å². The molecule has 0 aliphatic carbocycles. The van der Waals surface area contributed by atoms with Crippen molar-refractivity contribution >= 4 is 11.8 Å². The maximum atomic E-state index is 9.16. The molecule has 5 heteroatoms. The summed E-state index contributed by atoms with van der Waals surface area (Å²) >= 11 is 1.61. The summed E-state index contributed by atoms with van der Waals surface area (Å²) in [4.78, 5) is 1.08. The smallest absolute Gasteiger partial charge is 0.161 e. The lowest BCUT2D eigenvalue weighted by molar-refractivity contribution is 0.0527. The van der Waals surface area contributed by atoms with Crippen molar-refractivity contribution in [1.29, 1.82) is 0 Å². The van der Waals surface area contributed by atoms with Gasteiger partial charge in [-0.05, 0) is 24.5 Å². The molecular weight excluding hydrogens is 228 g/mol. The van der Waals surface area contributed by atoms with E-state index in [1.54, 1.807) is 24.9 Å². The Morgan fingerprint density at radius 2 is 2.12 bits per heavy atom. The van der Waals surface area contributed by atoms with Gasteiger partial charge in [0, 0.05) is 4.90 Å². The van der Waals surface area contributed by atoms with Crippen LogP contribution >= 0.6 is 11.8 Å². The van der Waals surface area contributed by atoms with Crippen LogP contribution in [0.4, 0.5) is 0 Å². The minimum absolute atomic E-state index is 0.0471. The van der Waals surface area contributed by atoms with Crippen LogP contribution in [0.1, 0.15) is 0 Å². The minimum atomic E-state index is -0.870. The molecule has 0 unspecified atom stereocenters. The molecule has 2 N–H and O–H groups in total. The number of hydrogen-bond acceptors (Lipinski definition) is 5. The van der Waals surface area contributed by atoms with Gasteiger partial charge in [-0.25, -0.2) is 0 Å². The maximum Gasteiger partial charge on any atom is 0.161 e. The first-order valence-electron chi connectivity index (χ1n) is 4.85. The van der Waals surface area contributed by atoms with Gasteiger partial charge in [-0.2, -0.15) is 0 Å². The van der Waals surface area contributed by atoms with Gasteiger partial charge in [0.2, 0.25) is 0 Å². The molecule has 0 spiro atoms. The monoisotopic (exact) mass is 244 g/mol. The highest BCUT2D eigenvalue weighted by molar-refractivity contribution is 7.98. The number of thioether (sulfide) groups is 1. The topological polar surface area (TPSA) is 58.9 Å². The molecule has 4 nitrogen and oxygen atoms in total. The van der Waals surface area contributed by atoms with Crippen molar-refractivity contribution in [2.45, 2.75) is 11.0 Å². The fourth-order valence-corrected chi connectivity index (χ4v) is 1.56. The normalized spacial score (nSPS) is 12.2. The van der Waals surface area contributed by atoms with Gasteiger partial charge in [0.15, 0.2) is 11.5 Å². The van der Waals surface area contributed by atoms with Gasteiger partial charge < -0.3 is 19.7 Å². The molecular formula is C11H16O4S. The summed E-state index contributed by atoms with van der Waals surface area (Å²) in [6, 6.07) is 5.56. The second-order valence-corrected chi connectivity index (χ2v) is 4.04. The summed E-state index contributed by atoms with van der Waals surface area (Å²) in [5.41, 5.74) is 0. The molecule has 90 valence electrons. The van der Waals surface area contributed by atoms with Gasteiger partial charge in [-0.15, -0.1) is 11.8 Å². The van der Waals surface area contributed by atoms with Crippen molar-refractivity contribution in [3.05, 3.63) is 18.2 Å². The van der Waals surface area contributed by atoms with Crippen LogP contribution in [-0.4, -0.2) is 42.9 Å². The largest absolute Gasteiger partial charge is 0.493 e. The molecule has 0 aliphatic rings. The van der Waals surface area contributed by atoms with Gasteiger partial charge in [-0.3, -0.25) is 0 Å². The van der Waals surface area contributed by atoms with Crippen molar-refractivity contribution < 1.29 is 19.7 Å². The number of aliphatic hydroxyl groups is 2. The first-order chi connectivity index (χ1) is 7.71. The zero-order valence-electron chi connectivity index (χ0n) is 9.34. The highest BCUT2D eigenvalue weighted by atomic mass is 32.2. The molecule has 0 fully saturated rings. The van der Waals surface area contributed by atoms with E-state index in [1.807, 2.05) is 18.4 Å². The minimum Gasteiger partial charge on any atom is -0.493 e. The third-order valence-corrected chi connectivity index (χ3v) is 2.74. The summed E-state index contributed by atoms with van der Waals surface area (Å²) in [5.74, 6) is 1.18. The van der Waals surface area contributed by atoms with Crippen LogP contribution < -0.4 is 9.47 Å². The predicted molar refractivity (Wildman–Crippen MR) is 63.4 cm³/mol. The second-order valence-electron chi connectivity index (χ2n) is 3.16. The van der Waals surface area contributed by atoms with Crippen molar-refractivity contribution in [2.24, 2.45) is 0 Å². The zero-order chi connectivity index (χ0) is 12.0. The first kappa shape index (κ1) is 13.2. The summed E-state index contributed by atoms with van der Waals surface area (Å²) in [6.07, 6.45) is 1.11. The Balaban J connectivity index is 2.71.